The van der Waals surface area contributed by atoms with E-state index in [4.69, 9.17) is 10.2 Å². The summed E-state index contributed by atoms with van der Waals surface area (Å²) in [6, 6.07) is -1.47. The van der Waals surface area contributed by atoms with E-state index in [1.165, 1.54) is 0 Å². The number of nitrogens with one attached hydrogen (secondary N) is 3. The summed E-state index contributed by atoms with van der Waals surface area (Å²) in [7, 11) is 0. The van der Waals surface area contributed by atoms with Crippen molar-refractivity contribution in [3.63, 3.8) is 0 Å². The Labute approximate surface area is 191 Å². The van der Waals surface area contributed by atoms with Crippen molar-refractivity contribution < 1.29 is 29.4 Å². The van der Waals surface area contributed by atoms with Crippen LogP contribution in [0.25, 0.3) is 0 Å². The lowest BCUT2D eigenvalue weighted by atomic mass is 10.1. The first-order valence-corrected chi connectivity index (χ1v) is 11.8. The molecular weight excluding hydrogens is 414 g/mol. The van der Waals surface area contributed by atoms with E-state index >= 15 is 0 Å². The standard InChI is InChI=1S/C23H41N3O6/c1-2-3-13-16-24-23(32)25-17-14-11-9-7-5-4-6-8-10-12-15-20(27)26-19(22(30)31)18-21(28)29/h5,7,19H,2-4,6,8-18H2,1H3,(H,26,27)(H,28,29)(H,30,31)(H2,24,25,32)/t19-/m0/s1. The molecule has 1 atom stereocenters. The highest BCUT2D eigenvalue weighted by Gasteiger charge is 2.22. The van der Waals surface area contributed by atoms with E-state index in [-0.39, 0.29) is 12.5 Å². The van der Waals surface area contributed by atoms with Gasteiger partial charge in [-0.25, -0.2) is 9.59 Å². The Morgan fingerprint density at radius 2 is 1.34 bits per heavy atom. The quantitative estimate of drug-likeness (QED) is 0.140. The van der Waals surface area contributed by atoms with E-state index in [1.807, 2.05) is 0 Å². The zero-order valence-corrected chi connectivity index (χ0v) is 19.4. The number of unbranched alkanes of at least 4 members (excludes halogenated alkanes) is 8. The van der Waals surface area contributed by atoms with E-state index in [0.717, 1.165) is 70.8 Å². The molecule has 184 valence electrons. The minimum absolute atomic E-state index is 0.0870. The molecule has 0 aromatic carbocycles. The predicted molar refractivity (Wildman–Crippen MR) is 123 cm³/mol. The highest BCUT2D eigenvalue weighted by Crippen LogP contribution is 2.07. The van der Waals surface area contributed by atoms with Crippen molar-refractivity contribution in [3.8, 4) is 0 Å². The number of hydrogen-bond acceptors (Lipinski definition) is 4. The fraction of sp³-hybridized carbons (Fsp3) is 0.739. The summed E-state index contributed by atoms with van der Waals surface area (Å²) in [5.74, 6) is -3.03. The maximum Gasteiger partial charge on any atom is 0.326 e. The van der Waals surface area contributed by atoms with Crippen LogP contribution in [0.4, 0.5) is 4.79 Å². The van der Waals surface area contributed by atoms with E-state index in [2.05, 4.69) is 35.0 Å². The predicted octanol–water partition coefficient (Wildman–Crippen LogP) is 3.59. The molecule has 0 aliphatic heterocycles. The van der Waals surface area contributed by atoms with Gasteiger partial charge in [0.25, 0.3) is 0 Å². The van der Waals surface area contributed by atoms with Gasteiger partial charge in [-0.2, -0.15) is 0 Å². The van der Waals surface area contributed by atoms with Crippen molar-refractivity contribution in [2.75, 3.05) is 13.1 Å². The molecule has 32 heavy (non-hydrogen) atoms. The summed E-state index contributed by atoms with van der Waals surface area (Å²) < 4.78 is 0. The van der Waals surface area contributed by atoms with Gasteiger partial charge in [0.2, 0.25) is 5.91 Å². The minimum Gasteiger partial charge on any atom is -0.481 e. The second kappa shape index (κ2) is 20.3. The van der Waals surface area contributed by atoms with Crippen LogP contribution in [0, 0.1) is 0 Å². The molecule has 0 rings (SSSR count). The topological polar surface area (TPSA) is 145 Å². The van der Waals surface area contributed by atoms with Crippen molar-refractivity contribution >= 4 is 23.9 Å². The minimum atomic E-state index is -1.38. The van der Waals surface area contributed by atoms with Gasteiger partial charge >= 0.3 is 18.0 Å². The number of allylic oxidation sites excluding steroid dienone is 2. The molecular formula is C23H41N3O6. The molecule has 0 aliphatic carbocycles. The van der Waals surface area contributed by atoms with Crippen LogP contribution in [0.3, 0.4) is 0 Å². The van der Waals surface area contributed by atoms with Crippen molar-refractivity contribution in [2.24, 2.45) is 0 Å². The Bertz CT molecular complexity index is 580. The van der Waals surface area contributed by atoms with Crippen LogP contribution in [-0.2, 0) is 14.4 Å². The molecule has 9 heteroatoms. The molecule has 0 aromatic rings. The summed E-state index contributed by atoms with van der Waals surface area (Å²) in [6.45, 7) is 3.55. The molecule has 0 saturated carbocycles. The molecule has 0 heterocycles. The van der Waals surface area contributed by atoms with Gasteiger partial charge in [-0.3, -0.25) is 9.59 Å². The van der Waals surface area contributed by atoms with Crippen molar-refractivity contribution in [2.45, 2.75) is 96.4 Å². The molecule has 0 aromatic heterocycles. The zero-order valence-electron chi connectivity index (χ0n) is 19.4. The Morgan fingerprint density at radius 3 is 1.91 bits per heavy atom. The molecule has 0 aliphatic rings. The number of carboxylic acids is 2. The highest BCUT2D eigenvalue weighted by atomic mass is 16.4. The average Bonchev–Trinajstić information content (AvgIpc) is 2.73. The highest BCUT2D eigenvalue weighted by molar-refractivity contribution is 5.86. The number of hydrogen-bond donors (Lipinski definition) is 5. The number of rotatable bonds is 20. The number of amides is 3. The fourth-order valence-corrected chi connectivity index (χ4v) is 3.01. The van der Waals surface area contributed by atoms with Crippen LogP contribution in [0.15, 0.2) is 12.2 Å². The van der Waals surface area contributed by atoms with Gasteiger partial charge in [-0.05, 0) is 44.9 Å². The van der Waals surface area contributed by atoms with E-state index in [1.54, 1.807) is 0 Å². The number of aliphatic carboxylic acids is 2. The van der Waals surface area contributed by atoms with Crippen molar-refractivity contribution in [3.05, 3.63) is 12.2 Å². The Balaban J connectivity index is 3.54. The lowest BCUT2D eigenvalue weighted by Gasteiger charge is -2.12. The summed E-state index contributed by atoms with van der Waals surface area (Å²) in [6.07, 6.45) is 14.6. The van der Waals surface area contributed by atoms with E-state index in [0.29, 0.717) is 13.0 Å². The van der Waals surface area contributed by atoms with Gasteiger partial charge in [0.1, 0.15) is 6.04 Å². The first kappa shape index (κ1) is 29.4. The van der Waals surface area contributed by atoms with Gasteiger partial charge in [0, 0.05) is 19.5 Å². The molecule has 9 nitrogen and oxygen atoms in total. The van der Waals surface area contributed by atoms with Gasteiger partial charge < -0.3 is 26.2 Å². The van der Waals surface area contributed by atoms with Gasteiger partial charge in [0.15, 0.2) is 0 Å². The molecule has 0 unspecified atom stereocenters. The van der Waals surface area contributed by atoms with Crippen LogP contribution in [0.1, 0.15) is 90.4 Å². The molecule has 3 amide bonds. The Kier molecular flexibility index (Phi) is 18.7. The van der Waals surface area contributed by atoms with Gasteiger partial charge in [-0.1, -0.05) is 44.8 Å². The summed E-state index contributed by atoms with van der Waals surface area (Å²) in [5.41, 5.74) is 0. The molecule has 0 spiro atoms. The monoisotopic (exact) mass is 455 g/mol. The smallest absolute Gasteiger partial charge is 0.326 e. The lowest BCUT2D eigenvalue weighted by molar-refractivity contribution is -0.147. The van der Waals surface area contributed by atoms with Gasteiger partial charge in [0.05, 0.1) is 6.42 Å². The van der Waals surface area contributed by atoms with Crippen LogP contribution < -0.4 is 16.0 Å². The first-order chi connectivity index (χ1) is 15.4. The SMILES string of the molecule is CCCCCNC(=O)NCCCCC=CCCCCCCC(=O)N[C@@H](CC(=O)O)C(=O)O. The zero-order chi connectivity index (χ0) is 24.0. The van der Waals surface area contributed by atoms with E-state index in [9.17, 15) is 19.2 Å². The third-order valence-corrected chi connectivity index (χ3v) is 4.85. The number of carbonyl (C=O) groups excluding carboxylic acids is 2. The lowest BCUT2D eigenvalue weighted by Crippen LogP contribution is -2.42. The number of carbonyl (C=O) groups is 4. The molecule has 0 radical (unpaired) electrons. The van der Waals surface area contributed by atoms with Crippen LogP contribution >= 0.6 is 0 Å². The third-order valence-electron chi connectivity index (χ3n) is 4.85. The summed E-state index contributed by atoms with van der Waals surface area (Å²) in [5, 5.41) is 25.5. The Hall–Kier alpha value is -2.58. The van der Waals surface area contributed by atoms with E-state index < -0.39 is 30.3 Å². The second-order valence-electron chi connectivity index (χ2n) is 7.87. The number of urea groups is 1. The maximum absolute atomic E-state index is 11.7. The molecule has 0 saturated heterocycles. The summed E-state index contributed by atoms with van der Waals surface area (Å²) >= 11 is 0. The number of carboxylic acid groups (broad SMARTS) is 2. The molecule has 0 bridgehead atoms. The largest absolute Gasteiger partial charge is 0.481 e. The van der Waals surface area contributed by atoms with Gasteiger partial charge in [-0.15, -0.1) is 0 Å². The van der Waals surface area contributed by atoms with Crippen LogP contribution in [-0.4, -0.2) is 53.2 Å². The third kappa shape index (κ3) is 19.4. The van der Waals surface area contributed by atoms with Crippen molar-refractivity contribution in [1.82, 2.24) is 16.0 Å². The first-order valence-electron chi connectivity index (χ1n) is 11.8. The summed E-state index contributed by atoms with van der Waals surface area (Å²) in [4.78, 5) is 44.8. The second-order valence-corrected chi connectivity index (χ2v) is 7.87. The molecule has 5 N–H and O–H groups in total. The normalized spacial score (nSPS) is 11.8. The van der Waals surface area contributed by atoms with Crippen LogP contribution in [0.5, 0.6) is 0 Å². The Morgan fingerprint density at radius 1 is 0.781 bits per heavy atom. The van der Waals surface area contributed by atoms with Crippen LogP contribution in [0.2, 0.25) is 0 Å². The average molecular weight is 456 g/mol. The fourth-order valence-electron chi connectivity index (χ4n) is 3.01. The maximum atomic E-state index is 11.7. The molecule has 0 fully saturated rings. The van der Waals surface area contributed by atoms with Crippen molar-refractivity contribution in [1.29, 1.82) is 0 Å².